The van der Waals surface area contributed by atoms with E-state index in [0.717, 1.165) is 26.2 Å². The third-order valence-electron chi connectivity index (χ3n) is 3.82. The van der Waals surface area contributed by atoms with Crippen molar-refractivity contribution in [1.29, 1.82) is 0 Å². The Morgan fingerprint density at radius 2 is 2.05 bits per heavy atom. The highest BCUT2D eigenvalue weighted by atomic mass is 16.5. The van der Waals surface area contributed by atoms with Crippen molar-refractivity contribution in [2.45, 2.75) is 25.8 Å². The van der Waals surface area contributed by atoms with Crippen LogP contribution in [0.4, 0.5) is 5.69 Å². The van der Waals surface area contributed by atoms with E-state index in [0.29, 0.717) is 12.0 Å². The fraction of sp³-hybridized carbons (Fsp3) is 0.625. The molecule has 106 valence electrons. The van der Waals surface area contributed by atoms with E-state index in [-0.39, 0.29) is 0 Å². The minimum absolute atomic E-state index is 0.429. The number of rotatable bonds is 6. The molecule has 2 unspecified atom stereocenters. The summed E-state index contributed by atoms with van der Waals surface area (Å²) in [6, 6.07) is 9.33. The summed E-state index contributed by atoms with van der Waals surface area (Å²) < 4.78 is 5.55. The summed E-state index contributed by atoms with van der Waals surface area (Å²) in [5, 5.41) is 3.68. The Morgan fingerprint density at radius 3 is 2.58 bits per heavy atom. The molecule has 0 aliphatic carbocycles. The van der Waals surface area contributed by atoms with Gasteiger partial charge in [-0.05, 0) is 37.1 Å². The molecule has 1 aromatic rings. The minimum atomic E-state index is 0.429. The highest BCUT2D eigenvalue weighted by Gasteiger charge is 2.26. The van der Waals surface area contributed by atoms with Gasteiger partial charge in [-0.1, -0.05) is 19.1 Å². The largest absolute Gasteiger partial charge is 0.381 e. The van der Waals surface area contributed by atoms with E-state index in [1.807, 2.05) is 0 Å². The summed E-state index contributed by atoms with van der Waals surface area (Å²) in [4.78, 5) is 2.14. The molecule has 1 aliphatic rings. The summed E-state index contributed by atoms with van der Waals surface area (Å²) in [6.07, 6.45) is 2.33. The summed E-state index contributed by atoms with van der Waals surface area (Å²) in [5.74, 6) is 0.608. The first-order valence-corrected chi connectivity index (χ1v) is 7.30. The van der Waals surface area contributed by atoms with Gasteiger partial charge in [-0.3, -0.25) is 0 Å². The zero-order valence-corrected chi connectivity index (χ0v) is 12.4. The molecule has 1 fully saturated rings. The van der Waals surface area contributed by atoms with Crippen LogP contribution < -0.4 is 10.2 Å². The van der Waals surface area contributed by atoms with Crippen LogP contribution in [0.5, 0.6) is 0 Å². The van der Waals surface area contributed by atoms with E-state index < -0.39 is 0 Å². The van der Waals surface area contributed by atoms with Gasteiger partial charge >= 0.3 is 0 Å². The number of hydrogen-bond acceptors (Lipinski definition) is 3. The van der Waals surface area contributed by atoms with E-state index in [9.17, 15) is 0 Å². The van der Waals surface area contributed by atoms with Gasteiger partial charge in [-0.15, -0.1) is 0 Å². The molecule has 3 nitrogen and oxygen atoms in total. The van der Waals surface area contributed by atoms with Crippen LogP contribution in [0.3, 0.4) is 0 Å². The molecule has 0 aromatic heterocycles. The first-order chi connectivity index (χ1) is 9.22. The molecule has 3 heteroatoms. The maximum absolute atomic E-state index is 5.55. The molecule has 0 spiro atoms. The standard InChI is InChI=1S/C16H26N2O/c1-4-10-17-16(14-9-11-19-12-14)13-5-7-15(8-6-13)18(2)3/h5-8,14,16-17H,4,9-12H2,1-3H3. The monoisotopic (exact) mass is 262 g/mol. The molecule has 0 amide bonds. The predicted molar refractivity (Wildman–Crippen MR) is 80.7 cm³/mol. The zero-order chi connectivity index (χ0) is 13.7. The number of anilines is 1. The molecule has 2 atom stereocenters. The first kappa shape index (κ1) is 14.4. The molecule has 2 rings (SSSR count). The smallest absolute Gasteiger partial charge is 0.0513 e. The predicted octanol–water partition coefficient (Wildman–Crippen LogP) is 2.83. The highest BCUT2D eigenvalue weighted by molar-refractivity contribution is 5.46. The third-order valence-corrected chi connectivity index (χ3v) is 3.82. The average Bonchev–Trinajstić information content (AvgIpc) is 2.94. The molecule has 0 saturated carbocycles. The van der Waals surface area contributed by atoms with Gasteiger partial charge in [0.1, 0.15) is 0 Å². The second-order valence-electron chi connectivity index (χ2n) is 5.54. The van der Waals surface area contributed by atoms with Crippen LogP contribution in [0, 0.1) is 5.92 Å². The molecule has 0 bridgehead atoms. The SMILES string of the molecule is CCCNC(c1ccc(N(C)C)cc1)C1CCOC1. The van der Waals surface area contributed by atoms with Crippen LogP contribution in [0.1, 0.15) is 31.4 Å². The number of ether oxygens (including phenoxy) is 1. The number of benzene rings is 1. The van der Waals surface area contributed by atoms with Crippen molar-refractivity contribution in [1.82, 2.24) is 5.32 Å². The Bertz CT molecular complexity index is 369. The summed E-state index contributed by atoms with van der Waals surface area (Å²) >= 11 is 0. The number of hydrogen-bond donors (Lipinski definition) is 1. The topological polar surface area (TPSA) is 24.5 Å². The van der Waals surface area contributed by atoms with Crippen molar-refractivity contribution in [3.63, 3.8) is 0 Å². The lowest BCUT2D eigenvalue weighted by molar-refractivity contribution is 0.176. The van der Waals surface area contributed by atoms with E-state index in [1.54, 1.807) is 0 Å². The van der Waals surface area contributed by atoms with Crippen molar-refractivity contribution in [3.8, 4) is 0 Å². The van der Waals surface area contributed by atoms with Gasteiger partial charge < -0.3 is 15.0 Å². The molecular formula is C16H26N2O. The minimum Gasteiger partial charge on any atom is -0.381 e. The number of nitrogens with one attached hydrogen (secondary N) is 1. The van der Waals surface area contributed by atoms with Crippen molar-refractivity contribution >= 4 is 5.69 Å². The van der Waals surface area contributed by atoms with Crippen LogP contribution in [0.25, 0.3) is 0 Å². The van der Waals surface area contributed by atoms with E-state index in [2.05, 4.69) is 55.5 Å². The molecule has 1 N–H and O–H groups in total. The molecule has 1 saturated heterocycles. The van der Waals surface area contributed by atoms with Crippen LogP contribution in [-0.4, -0.2) is 33.9 Å². The van der Waals surface area contributed by atoms with Gasteiger partial charge in [0.25, 0.3) is 0 Å². The van der Waals surface area contributed by atoms with Crippen molar-refractivity contribution < 1.29 is 4.74 Å². The lowest BCUT2D eigenvalue weighted by Gasteiger charge is -2.25. The second kappa shape index (κ2) is 6.92. The van der Waals surface area contributed by atoms with Gasteiger partial charge in [0.2, 0.25) is 0 Å². The Labute approximate surface area is 116 Å². The first-order valence-electron chi connectivity index (χ1n) is 7.30. The Morgan fingerprint density at radius 1 is 1.32 bits per heavy atom. The van der Waals surface area contributed by atoms with Gasteiger partial charge in [-0.2, -0.15) is 0 Å². The van der Waals surface area contributed by atoms with E-state index in [4.69, 9.17) is 4.74 Å². The Kier molecular flexibility index (Phi) is 5.23. The van der Waals surface area contributed by atoms with Crippen molar-refractivity contribution in [2.75, 3.05) is 38.8 Å². The number of nitrogens with zero attached hydrogens (tertiary/aromatic N) is 1. The lowest BCUT2D eigenvalue weighted by Crippen LogP contribution is -2.29. The molecule has 1 heterocycles. The third kappa shape index (κ3) is 3.71. The van der Waals surface area contributed by atoms with Crippen LogP contribution >= 0.6 is 0 Å². The Balaban J connectivity index is 2.11. The summed E-state index contributed by atoms with van der Waals surface area (Å²) in [6.45, 7) is 5.07. The molecule has 19 heavy (non-hydrogen) atoms. The highest BCUT2D eigenvalue weighted by Crippen LogP contribution is 2.29. The normalized spacial score (nSPS) is 20.5. The van der Waals surface area contributed by atoms with Crippen LogP contribution in [-0.2, 0) is 4.74 Å². The molecule has 1 aliphatic heterocycles. The van der Waals surface area contributed by atoms with Gasteiger partial charge in [0, 0.05) is 38.3 Å². The van der Waals surface area contributed by atoms with Gasteiger partial charge in [0.05, 0.1) is 6.61 Å². The fourth-order valence-electron chi connectivity index (χ4n) is 2.65. The van der Waals surface area contributed by atoms with Crippen LogP contribution in [0.2, 0.25) is 0 Å². The van der Waals surface area contributed by atoms with E-state index >= 15 is 0 Å². The van der Waals surface area contributed by atoms with Crippen molar-refractivity contribution in [3.05, 3.63) is 29.8 Å². The molecular weight excluding hydrogens is 236 g/mol. The summed E-state index contributed by atoms with van der Waals surface area (Å²) in [5.41, 5.74) is 2.63. The lowest BCUT2D eigenvalue weighted by atomic mass is 9.92. The zero-order valence-electron chi connectivity index (χ0n) is 12.4. The van der Waals surface area contributed by atoms with Crippen molar-refractivity contribution in [2.24, 2.45) is 5.92 Å². The maximum Gasteiger partial charge on any atom is 0.0513 e. The molecule has 1 aromatic carbocycles. The van der Waals surface area contributed by atoms with Crippen LogP contribution in [0.15, 0.2) is 24.3 Å². The van der Waals surface area contributed by atoms with Gasteiger partial charge in [-0.25, -0.2) is 0 Å². The average molecular weight is 262 g/mol. The van der Waals surface area contributed by atoms with Gasteiger partial charge in [0.15, 0.2) is 0 Å². The fourth-order valence-corrected chi connectivity index (χ4v) is 2.65. The summed E-state index contributed by atoms with van der Waals surface area (Å²) in [7, 11) is 4.15. The Hall–Kier alpha value is -1.06. The second-order valence-corrected chi connectivity index (χ2v) is 5.54. The maximum atomic E-state index is 5.55. The molecule has 0 radical (unpaired) electrons. The quantitative estimate of drug-likeness (QED) is 0.853. The van der Waals surface area contributed by atoms with E-state index in [1.165, 1.54) is 17.7 Å².